The predicted octanol–water partition coefficient (Wildman–Crippen LogP) is 5.30. The molecule has 0 radical (unpaired) electrons. The monoisotopic (exact) mass is 324 g/mol. The van der Waals surface area contributed by atoms with Gasteiger partial charge < -0.3 is 9.47 Å². The highest BCUT2D eigenvalue weighted by atomic mass is 35.5. The number of aryl methyl sites for hydroxylation is 2. The highest BCUT2D eigenvalue weighted by Gasteiger charge is 2.20. The van der Waals surface area contributed by atoms with E-state index in [1.54, 1.807) is 20.3 Å². The highest BCUT2D eigenvalue weighted by molar-refractivity contribution is 6.33. The van der Waals surface area contributed by atoms with Crippen molar-refractivity contribution in [2.24, 2.45) is 0 Å². The lowest BCUT2D eigenvalue weighted by molar-refractivity contribution is 0.354. The largest absolute Gasteiger partial charge is 0.493 e. The molecule has 0 aromatic heterocycles. The summed E-state index contributed by atoms with van der Waals surface area (Å²) in [6.45, 7) is 4.10. The van der Waals surface area contributed by atoms with Crippen LogP contribution in [0.25, 0.3) is 0 Å². The smallest absolute Gasteiger partial charge is 0.162 e. The minimum Gasteiger partial charge on any atom is -0.493 e. The van der Waals surface area contributed by atoms with Crippen LogP contribution in [0.15, 0.2) is 30.3 Å². The van der Waals surface area contributed by atoms with Gasteiger partial charge in [-0.15, -0.1) is 11.6 Å². The lowest BCUT2D eigenvalue weighted by Crippen LogP contribution is -2.02. The van der Waals surface area contributed by atoms with Crippen molar-refractivity contribution in [2.45, 2.75) is 19.2 Å². The van der Waals surface area contributed by atoms with E-state index < -0.39 is 0 Å². The van der Waals surface area contributed by atoms with Crippen LogP contribution in [0.3, 0.4) is 0 Å². The average molecular weight is 325 g/mol. The summed E-state index contributed by atoms with van der Waals surface area (Å²) >= 11 is 13.1. The third-order valence-corrected chi connectivity index (χ3v) is 4.35. The van der Waals surface area contributed by atoms with Crippen LogP contribution in [0.5, 0.6) is 11.5 Å². The van der Waals surface area contributed by atoms with Crippen LogP contribution in [0.4, 0.5) is 0 Å². The van der Waals surface area contributed by atoms with Crippen LogP contribution in [-0.4, -0.2) is 14.2 Å². The molecule has 0 saturated carbocycles. The van der Waals surface area contributed by atoms with Gasteiger partial charge in [0.25, 0.3) is 0 Å². The predicted molar refractivity (Wildman–Crippen MR) is 88.2 cm³/mol. The van der Waals surface area contributed by atoms with E-state index in [1.165, 1.54) is 0 Å². The molecule has 0 amide bonds. The van der Waals surface area contributed by atoms with Gasteiger partial charge in [0, 0.05) is 11.1 Å². The number of ether oxygens (including phenoxy) is 2. The van der Waals surface area contributed by atoms with Crippen molar-refractivity contribution in [1.82, 2.24) is 0 Å². The first kappa shape index (κ1) is 16.0. The molecule has 0 saturated heterocycles. The van der Waals surface area contributed by atoms with Crippen molar-refractivity contribution in [3.05, 3.63) is 57.6 Å². The zero-order valence-corrected chi connectivity index (χ0v) is 14.0. The Morgan fingerprint density at radius 3 is 2.00 bits per heavy atom. The van der Waals surface area contributed by atoms with E-state index in [-0.39, 0.29) is 5.38 Å². The maximum absolute atomic E-state index is 6.69. The molecule has 1 atom stereocenters. The highest BCUT2D eigenvalue weighted by Crippen LogP contribution is 2.41. The summed E-state index contributed by atoms with van der Waals surface area (Å²) in [5.74, 6) is 1.21. The van der Waals surface area contributed by atoms with Crippen molar-refractivity contribution in [3.63, 3.8) is 0 Å². The second kappa shape index (κ2) is 6.59. The number of alkyl halides is 1. The van der Waals surface area contributed by atoms with Crippen molar-refractivity contribution < 1.29 is 9.47 Å². The number of hydrogen-bond donors (Lipinski definition) is 0. The molecule has 112 valence electrons. The molecule has 0 heterocycles. The van der Waals surface area contributed by atoms with Gasteiger partial charge in [-0.1, -0.05) is 29.8 Å². The Morgan fingerprint density at radius 2 is 1.48 bits per heavy atom. The first-order valence-electron chi connectivity index (χ1n) is 6.61. The Kier molecular flexibility index (Phi) is 5.02. The Labute approximate surface area is 135 Å². The summed E-state index contributed by atoms with van der Waals surface area (Å²) in [6, 6.07) is 9.69. The van der Waals surface area contributed by atoms with Crippen LogP contribution in [0, 0.1) is 13.8 Å². The van der Waals surface area contributed by atoms with Gasteiger partial charge in [0.15, 0.2) is 11.5 Å². The molecular weight excluding hydrogens is 307 g/mol. The van der Waals surface area contributed by atoms with Crippen LogP contribution in [0.2, 0.25) is 5.02 Å². The van der Waals surface area contributed by atoms with Crippen molar-refractivity contribution in [2.75, 3.05) is 14.2 Å². The molecule has 21 heavy (non-hydrogen) atoms. The fourth-order valence-corrected chi connectivity index (χ4v) is 3.29. The molecule has 2 rings (SSSR count). The summed E-state index contributed by atoms with van der Waals surface area (Å²) in [5.41, 5.74) is 4.17. The second-order valence-electron chi connectivity index (χ2n) is 4.90. The standard InChI is InChI=1S/C17H18Cl2O2/c1-10-6-5-7-11(2)16(10)17(19)12-8-14(20-3)15(21-4)9-13(12)18/h5-9,17H,1-4H3. The molecule has 4 heteroatoms. The molecule has 0 aliphatic rings. The van der Waals surface area contributed by atoms with Crippen molar-refractivity contribution in [1.29, 1.82) is 0 Å². The van der Waals surface area contributed by atoms with E-state index in [0.29, 0.717) is 16.5 Å². The van der Waals surface area contributed by atoms with Crippen LogP contribution < -0.4 is 9.47 Å². The van der Waals surface area contributed by atoms with Gasteiger partial charge in [-0.2, -0.15) is 0 Å². The SMILES string of the molecule is COc1cc(Cl)c(C(Cl)c2c(C)cccc2C)cc1OC. The molecule has 0 N–H and O–H groups in total. The van der Waals surface area contributed by atoms with Crippen LogP contribution >= 0.6 is 23.2 Å². The van der Waals surface area contributed by atoms with Crippen LogP contribution in [0.1, 0.15) is 27.6 Å². The Hall–Kier alpha value is -1.38. The third kappa shape index (κ3) is 3.12. The number of benzene rings is 2. The molecule has 0 aliphatic carbocycles. The maximum Gasteiger partial charge on any atom is 0.162 e. The molecular formula is C17H18Cl2O2. The summed E-state index contributed by atoms with van der Waals surface area (Å²) in [5, 5.41) is 0.230. The Morgan fingerprint density at radius 1 is 0.952 bits per heavy atom. The van der Waals surface area contributed by atoms with Gasteiger partial charge in [0.05, 0.1) is 19.6 Å². The number of methoxy groups -OCH3 is 2. The van der Waals surface area contributed by atoms with Gasteiger partial charge in [-0.05, 0) is 42.2 Å². The third-order valence-electron chi connectivity index (χ3n) is 3.57. The normalized spacial score (nSPS) is 12.1. The Balaban J connectivity index is 2.56. The number of rotatable bonds is 4. The van der Waals surface area contributed by atoms with Crippen LogP contribution in [-0.2, 0) is 0 Å². The maximum atomic E-state index is 6.69. The zero-order chi connectivity index (χ0) is 15.6. The topological polar surface area (TPSA) is 18.5 Å². The summed E-state index contributed by atoms with van der Waals surface area (Å²) in [7, 11) is 3.18. The zero-order valence-electron chi connectivity index (χ0n) is 12.5. The first-order valence-corrected chi connectivity index (χ1v) is 7.42. The minimum absolute atomic E-state index is 0.335. The Bertz CT molecular complexity index is 633. The quantitative estimate of drug-likeness (QED) is 0.710. The fraction of sp³-hybridized carbons (Fsp3) is 0.294. The first-order chi connectivity index (χ1) is 9.99. The van der Waals surface area contributed by atoms with Gasteiger partial charge in [-0.3, -0.25) is 0 Å². The molecule has 2 aromatic rings. The van der Waals surface area contributed by atoms with Gasteiger partial charge in [0.2, 0.25) is 0 Å². The second-order valence-corrected chi connectivity index (χ2v) is 5.74. The van der Waals surface area contributed by atoms with Crippen molar-refractivity contribution in [3.8, 4) is 11.5 Å². The van der Waals surface area contributed by atoms with E-state index in [2.05, 4.69) is 0 Å². The lowest BCUT2D eigenvalue weighted by Gasteiger charge is -2.19. The number of halogens is 2. The molecule has 0 spiro atoms. The van der Waals surface area contributed by atoms with E-state index in [4.69, 9.17) is 32.7 Å². The summed E-state index contributed by atoms with van der Waals surface area (Å²) in [4.78, 5) is 0. The lowest BCUT2D eigenvalue weighted by atomic mass is 9.95. The molecule has 0 aliphatic heterocycles. The molecule has 0 bridgehead atoms. The fourth-order valence-electron chi connectivity index (χ4n) is 2.45. The van der Waals surface area contributed by atoms with Gasteiger partial charge in [0.1, 0.15) is 0 Å². The minimum atomic E-state index is -0.335. The van der Waals surface area contributed by atoms with E-state index in [0.717, 1.165) is 22.3 Å². The summed E-state index contributed by atoms with van der Waals surface area (Å²) < 4.78 is 10.6. The van der Waals surface area contributed by atoms with Gasteiger partial charge in [-0.25, -0.2) is 0 Å². The summed E-state index contributed by atoms with van der Waals surface area (Å²) in [6.07, 6.45) is 0. The molecule has 1 unspecified atom stereocenters. The molecule has 2 aromatic carbocycles. The molecule has 0 fully saturated rings. The number of hydrogen-bond acceptors (Lipinski definition) is 2. The van der Waals surface area contributed by atoms with E-state index in [1.807, 2.05) is 38.1 Å². The van der Waals surface area contributed by atoms with Crippen molar-refractivity contribution >= 4 is 23.2 Å². The molecule has 2 nitrogen and oxygen atoms in total. The van der Waals surface area contributed by atoms with Gasteiger partial charge >= 0.3 is 0 Å². The van der Waals surface area contributed by atoms with E-state index in [9.17, 15) is 0 Å². The average Bonchev–Trinajstić information content (AvgIpc) is 2.46. The van der Waals surface area contributed by atoms with E-state index >= 15 is 0 Å².